The van der Waals surface area contributed by atoms with Gasteiger partial charge >= 0.3 is 0 Å². The third kappa shape index (κ3) is 3.52. The molecular formula is C11H16N2O3. The van der Waals surface area contributed by atoms with Gasteiger partial charge < -0.3 is 20.4 Å². The number of carbonyl (C=O) groups excluding carboxylic acids is 1. The molecule has 0 spiro atoms. The monoisotopic (exact) mass is 224 g/mol. The van der Waals surface area contributed by atoms with E-state index in [1.165, 1.54) is 4.90 Å². The average Bonchev–Trinajstić information content (AvgIpc) is 2.56. The van der Waals surface area contributed by atoms with Crippen LogP contribution >= 0.6 is 0 Å². The number of carbonyl (C=O) groups is 1. The van der Waals surface area contributed by atoms with Gasteiger partial charge in [-0.2, -0.15) is 0 Å². The van der Waals surface area contributed by atoms with Crippen molar-refractivity contribution in [1.82, 2.24) is 10.2 Å². The molecule has 16 heavy (non-hydrogen) atoms. The molecule has 5 nitrogen and oxygen atoms in total. The van der Waals surface area contributed by atoms with Crippen LogP contribution in [0.2, 0.25) is 0 Å². The molecule has 0 radical (unpaired) electrons. The fourth-order valence-electron chi connectivity index (χ4n) is 1.32. The van der Waals surface area contributed by atoms with E-state index in [-0.39, 0.29) is 32.2 Å². The zero-order valence-electron chi connectivity index (χ0n) is 8.97. The standard InChI is InChI=1S/C11H16N2O3/c14-8-6-13(7-9-15)11(16)10-4-2-1-3-5-12-10/h1-5,12,14-15H,6-9H2. The molecule has 0 bridgehead atoms. The molecule has 0 aromatic rings. The lowest BCUT2D eigenvalue weighted by molar-refractivity contribution is -0.128. The molecule has 3 N–H and O–H groups in total. The van der Waals surface area contributed by atoms with Crippen LogP contribution in [-0.2, 0) is 4.79 Å². The summed E-state index contributed by atoms with van der Waals surface area (Å²) in [6.07, 6.45) is 8.64. The summed E-state index contributed by atoms with van der Waals surface area (Å²) in [5.74, 6) is -0.237. The molecule has 0 unspecified atom stereocenters. The summed E-state index contributed by atoms with van der Waals surface area (Å²) in [5.41, 5.74) is 0.423. The van der Waals surface area contributed by atoms with Crippen molar-refractivity contribution in [2.45, 2.75) is 0 Å². The predicted octanol–water partition coefficient (Wildman–Crippen LogP) is -0.643. The number of aliphatic hydroxyl groups excluding tert-OH is 2. The molecule has 1 aliphatic rings. The van der Waals surface area contributed by atoms with E-state index in [0.29, 0.717) is 5.70 Å². The SMILES string of the molecule is O=C(C1=CC=CC=CN1)N(CCO)CCO. The molecule has 5 heteroatoms. The third-order valence-electron chi connectivity index (χ3n) is 2.08. The van der Waals surface area contributed by atoms with Gasteiger partial charge in [0.15, 0.2) is 0 Å². The molecule has 0 fully saturated rings. The molecule has 0 aromatic heterocycles. The van der Waals surface area contributed by atoms with E-state index in [4.69, 9.17) is 10.2 Å². The number of aliphatic hydroxyl groups is 2. The lowest BCUT2D eigenvalue weighted by Crippen LogP contribution is -2.39. The number of nitrogens with one attached hydrogen (secondary N) is 1. The maximum atomic E-state index is 11.9. The Balaban J connectivity index is 2.69. The molecule has 0 aromatic carbocycles. The third-order valence-corrected chi connectivity index (χ3v) is 2.08. The van der Waals surface area contributed by atoms with Crippen molar-refractivity contribution in [3.05, 3.63) is 36.2 Å². The van der Waals surface area contributed by atoms with E-state index in [1.54, 1.807) is 30.5 Å². The van der Waals surface area contributed by atoms with Crippen LogP contribution in [0.25, 0.3) is 0 Å². The van der Waals surface area contributed by atoms with Gasteiger partial charge in [-0.05, 0) is 12.2 Å². The van der Waals surface area contributed by atoms with Crippen LogP contribution in [0.15, 0.2) is 36.2 Å². The van der Waals surface area contributed by atoms with Crippen LogP contribution < -0.4 is 5.32 Å². The van der Waals surface area contributed by atoms with E-state index >= 15 is 0 Å². The van der Waals surface area contributed by atoms with Gasteiger partial charge in [0, 0.05) is 19.3 Å². The highest BCUT2D eigenvalue weighted by atomic mass is 16.3. The molecule has 0 saturated carbocycles. The van der Waals surface area contributed by atoms with Crippen molar-refractivity contribution in [2.75, 3.05) is 26.3 Å². The van der Waals surface area contributed by atoms with E-state index < -0.39 is 0 Å². The average molecular weight is 224 g/mol. The van der Waals surface area contributed by atoms with Crippen molar-refractivity contribution in [2.24, 2.45) is 0 Å². The lowest BCUT2D eigenvalue weighted by atomic mass is 10.3. The minimum atomic E-state index is -0.237. The van der Waals surface area contributed by atoms with E-state index in [9.17, 15) is 4.79 Å². The molecule has 88 valence electrons. The first-order valence-electron chi connectivity index (χ1n) is 5.10. The van der Waals surface area contributed by atoms with E-state index in [1.807, 2.05) is 0 Å². The molecule has 1 heterocycles. The van der Waals surface area contributed by atoms with Crippen LogP contribution in [0, 0.1) is 0 Å². The zero-order chi connectivity index (χ0) is 11.8. The highest BCUT2D eigenvalue weighted by Crippen LogP contribution is 2.02. The molecule has 0 aliphatic carbocycles. The van der Waals surface area contributed by atoms with Crippen LogP contribution in [0.4, 0.5) is 0 Å². The summed E-state index contributed by atoms with van der Waals surface area (Å²) in [6, 6.07) is 0. The Labute approximate surface area is 94.4 Å². The fourth-order valence-corrected chi connectivity index (χ4v) is 1.32. The second-order valence-corrected chi connectivity index (χ2v) is 3.21. The Bertz CT molecular complexity index is 315. The minimum Gasteiger partial charge on any atom is -0.395 e. The molecule has 1 rings (SSSR count). The van der Waals surface area contributed by atoms with Gasteiger partial charge in [-0.1, -0.05) is 12.2 Å². The maximum Gasteiger partial charge on any atom is 0.270 e. The van der Waals surface area contributed by atoms with Crippen molar-refractivity contribution >= 4 is 5.91 Å². The highest BCUT2D eigenvalue weighted by Gasteiger charge is 2.16. The van der Waals surface area contributed by atoms with E-state index in [0.717, 1.165) is 0 Å². The van der Waals surface area contributed by atoms with Crippen LogP contribution in [0.5, 0.6) is 0 Å². The van der Waals surface area contributed by atoms with E-state index in [2.05, 4.69) is 5.32 Å². The van der Waals surface area contributed by atoms with Crippen molar-refractivity contribution < 1.29 is 15.0 Å². The van der Waals surface area contributed by atoms with Gasteiger partial charge in [-0.25, -0.2) is 0 Å². The van der Waals surface area contributed by atoms with Gasteiger partial charge in [0.25, 0.3) is 5.91 Å². The van der Waals surface area contributed by atoms with Crippen LogP contribution in [-0.4, -0.2) is 47.3 Å². The molecule has 0 atom stereocenters. The summed E-state index contributed by atoms with van der Waals surface area (Å²) < 4.78 is 0. The number of rotatable bonds is 5. The highest BCUT2D eigenvalue weighted by molar-refractivity contribution is 5.93. The van der Waals surface area contributed by atoms with Gasteiger partial charge in [0.1, 0.15) is 5.70 Å². The van der Waals surface area contributed by atoms with Crippen molar-refractivity contribution in [1.29, 1.82) is 0 Å². The quantitative estimate of drug-likeness (QED) is 0.580. The molecule has 1 aliphatic heterocycles. The fraction of sp³-hybridized carbons (Fsp3) is 0.364. The minimum absolute atomic E-state index is 0.120. The Kier molecular flexibility index (Phi) is 5.31. The number of hydrogen-bond acceptors (Lipinski definition) is 4. The summed E-state index contributed by atoms with van der Waals surface area (Å²) in [4.78, 5) is 13.3. The normalized spacial score (nSPS) is 14.0. The van der Waals surface area contributed by atoms with Gasteiger partial charge in [-0.15, -0.1) is 0 Å². The zero-order valence-corrected chi connectivity index (χ0v) is 8.97. The summed E-state index contributed by atoms with van der Waals surface area (Å²) >= 11 is 0. The number of amides is 1. The maximum absolute atomic E-state index is 11.9. The smallest absolute Gasteiger partial charge is 0.270 e. The van der Waals surface area contributed by atoms with Gasteiger partial charge in [-0.3, -0.25) is 4.79 Å². The predicted molar refractivity (Wildman–Crippen MR) is 60.3 cm³/mol. The van der Waals surface area contributed by atoms with Crippen LogP contribution in [0.1, 0.15) is 0 Å². The number of allylic oxidation sites excluding steroid dienone is 4. The van der Waals surface area contributed by atoms with Crippen molar-refractivity contribution in [3.8, 4) is 0 Å². The Morgan fingerprint density at radius 2 is 1.88 bits per heavy atom. The number of nitrogens with zero attached hydrogens (tertiary/aromatic N) is 1. The first kappa shape index (κ1) is 12.5. The second kappa shape index (κ2) is 6.81. The summed E-state index contributed by atoms with van der Waals surface area (Å²) in [5, 5.41) is 20.5. The number of hydrogen-bond donors (Lipinski definition) is 3. The molecular weight excluding hydrogens is 208 g/mol. The lowest BCUT2D eigenvalue weighted by Gasteiger charge is -2.21. The summed E-state index contributed by atoms with van der Waals surface area (Å²) in [6.45, 7) is 0.188. The first-order chi connectivity index (χ1) is 7.79. The summed E-state index contributed by atoms with van der Waals surface area (Å²) in [7, 11) is 0. The van der Waals surface area contributed by atoms with Crippen molar-refractivity contribution in [3.63, 3.8) is 0 Å². The van der Waals surface area contributed by atoms with Crippen LogP contribution in [0.3, 0.4) is 0 Å². The topological polar surface area (TPSA) is 72.8 Å². The van der Waals surface area contributed by atoms with Gasteiger partial charge in [0.2, 0.25) is 0 Å². The Morgan fingerprint density at radius 1 is 1.19 bits per heavy atom. The Hall–Kier alpha value is -1.59. The molecule has 0 saturated heterocycles. The Morgan fingerprint density at radius 3 is 2.50 bits per heavy atom. The largest absolute Gasteiger partial charge is 0.395 e. The van der Waals surface area contributed by atoms with Gasteiger partial charge in [0.05, 0.1) is 13.2 Å². The second-order valence-electron chi connectivity index (χ2n) is 3.21. The first-order valence-corrected chi connectivity index (χ1v) is 5.10. The molecule has 1 amide bonds.